The lowest BCUT2D eigenvalue weighted by molar-refractivity contribution is -0.120. The first-order valence-corrected chi connectivity index (χ1v) is 11.1. The van der Waals surface area contributed by atoms with Crippen LogP contribution >= 0.6 is 0 Å². The zero-order valence-corrected chi connectivity index (χ0v) is 18.4. The number of nitrogens with zero attached hydrogens (tertiary/aromatic N) is 2. The normalized spacial score (nSPS) is 17.6. The van der Waals surface area contributed by atoms with Gasteiger partial charge in [0.2, 0.25) is 0 Å². The molecule has 3 aromatic carbocycles. The molecule has 2 heterocycles. The Kier molecular flexibility index (Phi) is 5.17. The molecule has 5 rings (SSSR count). The Morgan fingerprint density at radius 2 is 1.53 bits per heavy atom. The number of piperidine rings is 1. The zero-order valence-electron chi connectivity index (χ0n) is 18.4. The minimum Gasteiger partial charge on any atom is -0.496 e. The third kappa shape index (κ3) is 3.25. The van der Waals surface area contributed by atoms with Crippen molar-refractivity contribution in [1.29, 1.82) is 0 Å². The van der Waals surface area contributed by atoms with E-state index >= 15 is 0 Å². The number of anilines is 1. The highest BCUT2D eigenvalue weighted by Gasteiger charge is 2.44. The molecule has 3 aromatic rings. The number of carbonyl (C=O) groups excluding carboxylic acids is 2. The lowest BCUT2D eigenvalue weighted by Gasteiger charge is -2.32. The van der Waals surface area contributed by atoms with E-state index in [1.165, 1.54) is 4.90 Å². The summed E-state index contributed by atoms with van der Waals surface area (Å²) in [6.07, 6.45) is 2.00. The van der Waals surface area contributed by atoms with Crippen molar-refractivity contribution < 1.29 is 14.3 Å². The van der Waals surface area contributed by atoms with Gasteiger partial charge in [-0.3, -0.25) is 9.59 Å². The van der Waals surface area contributed by atoms with Crippen LogP contribution in [0.2, 0.25) is 0 Å². The maximum atomic E-state index is 13.9. The first kappa shape index (κ1) is 20.3. The van der Waals surface area contributed by atoms with Crippen molar-refractivity contribution >= 4 is 33.8 Å². The van der Waals surface area contributed by atoms with Crippen molar-refractivity contribution in [1.82, 2.24) is 4.90 Å². The van der Waals surface area contributed by atoms with Crippen LogP contribution in [0.4, 0.5) is 5.69 Å². The van der Waals surface area contributed by atoms with Crippen LogP contribution < -0.4 is 9.64 Å². The second-order valence-corrected chi connectivity index (χ2v) is 8.54. The number of fused-ring (bicyclic) bond motifs is 1. The van der Waals surface area contributed by atoms with E-state index in [0.29, 0.717) is 34.2 Å². The van der Waals surface area contributed by atoms with Crippen molar-refractivity contribution in [3.8, 4) is 5.75 Å². The maximum absolute atomic E-state index is 13.9. The molecule has 162 valence electrons. The quantitative estimate of drug-likeness (QED) is 0.559. The fourth-order valence-electron chi connectivity index (χ4n) is 4.76. The van der Waals surface area contributed by atoms with Gasteiger partial charge in [0.15, 0.2) is 0 Å². The molecule has 32 heavy (non-hydrogen) atoms. The van der Waals surface area contributed by atoms with Crippen LogP contribution in [-0.4, -0.2) is 36.9 Å². The Morgan fingerprint density at radius 3 is 2.31 bits per heavy atom. The topological polar surface area (TPSA) is 49.9 Å². The zero-order chi connectivity index (χ0) is 22.2. The number of hydrogen-bond acceptors (Lipinski definition) is 4. The highest BCUT2D eigenvalue weighted by atomic mass is 16.5. The molecule has 0 atom stereocenters. The number of methoxy groups -OCH3 is 1. The molecule has 5 nitrogen and oxygen atoms in total. The molecule has 0 radical (unpaired) electrons. The van der Waals surface area contributed by atoms with Gasteiger partial charge in [0.25, 0.3) is 11.8 Å². The van der Waals surface area contributed by atoms with E-state index in [1.807, 2.05) is 66.7 Å². The molecule has 0 bridgehead atoms. The van der Waals surface area contributed by atoms with Gasteiger partial charge in [-0.2, -0.15) is 0 Å². The maximum Gasteiger partial charge on any atom is 0.282 e. The third-order valence-corrected chi connectivity index (χ3v) is 6.54. The Labute approximate surface area is 187 Å². The Bertz CT molecular complexity index is 1230. The summed E-state index contributed by atoms with van der Waals surface area (Å²) in [5, 5.41) is 1.87. The summed E-state index contributed by atoms with van der Waals surface area (Å²) < 4.78 is 5.57. The van der Waals surface area contributed by atoms with E-state index in [2.05, 4.69) is 11.8 Å². The van der Waals surface area contributed by atoms with E-state index in [-0.39, 0.29) is 11.8 Å². The van der Waals surface area contributed by atoms with E-state index in [4.69, 9.17) is 4.74 Å². The van der Waals surface area contributed by atoms with Crippen molar-refractivity contribution in [2.24, 2.45) is 5.92 Å². The van der Waals surface area contributed by atoms with Crippen molar-refractivity contribution in [3.63, 3.8) is 0 Å². The molecule has 0 spiro atoms. The molecule has 0 unspecified atom stereocenters. The minimum absolute atomic E-state index is 0.262. The first-order valence-electron chi connectivity index (χ1n) is 11.1. The molecule has 5 heteroatoms. The van der Waals surface area contributed by atoms with Gasteiger partial charge >= 0.3 is 0 Å². The average Bonchev–Trinajstić information content (AvgIpc) is 3.08. The van der Waals surface area contributed by atoms with Gasteiger partial charge in [0.1, 0.15) is 11.4 Å². The summed E-state index contributed by atoms with van der Waals surface area (Å²) in [5.41, 5.74) is 2.19. The number of benzene rings is 3. The molecule has 2 amide bonds. The third-order valence-electron chi connectivity index (χ3n) is 6.54. The number of imide groups is 1. The number of likely N-dealkylation sites (tertiary alicyclic amines) is 1. The molecule has 0 saturated carbocycles. The Balaban J connectivity index is 1.68. The van der Waals surface area contributed by atoms with Gasteiger partial charge in [-0.05, 0) is 36.3 Å². The predicted molar refractivity (Wildman–Crippen MR) is 126 cm³/mol. The Hall–Kier alpha value is -3.60. The molecule has 2 aliphatic heterocycles. The van der Waals surface area contributed by atoms with Gasteiger partial charge in [-0.1, -0.05) is 61.5 Å². The highest BCUT2D eigenvalue weighted by molar-refractivity contribution is 6.46. The van der Waals surface area contributed by atoms with Crippen LogP contribution in [0.5, 0.6) is 5.75 Å². The SMILES string of the molecule is COc1ccccc1C1=C(N2CCC(C)CC2)C(=O)N(c2cccc3ccccc23)C1=O. The van der Waals surface area contributed by atoms with Gasteiger partial charge in [-0.25, -0.2) is 4.90 Å². The van der Waals surface area contributed by atoms with E-state index < -0.39 is 0 Å². The van der Waals surface area contributed by atoms with Gasteiger partial charge in [0.05, 0.1) is 18.4 Å². The summed E-state index contributed by atoms with van der Waals surface area (Å²) in [6, 6.07) is 21.0. The summed E-state index contributed by atoms with van der Waals surface area (Å²) in [5.74, 6) is 0.639. The van der Waals surface area contributed by atoms with Crippen molar-refractivity contribution in [2.45, 2.75) is 19.8 Å². The molecular formula is C27H26N2O3. The number of rotatable bonds is 4. The molecular weight excluding hydrogens is 400 g/mol. The summed E-state index contributed by atoms with van der Waals surface area (Å²) in [7, 11) is 1.59. The van der Waals surface area contributed by atoms with Gasteiger partial charge in [0, 0.05) is 24.0 Å². The summed E-state index contributed by atoms with van der Waals surface area (Å²) in [6.45, 7) is 3.76. The smallest absolute Gasteiger partial charge is 0.282 e. The second-order valence-electron chi connectivity index (χ2n) is 8.54. The van der Waals surface area contributed by atoms with Gasteiger partial charge < -0.3 is 9.64 Å². The van der Waals surface area contributed by atoms with Crippen LogP contribution in [0.25, 0.3) is 16.3 Å². The molecule has 0 aromatic heterocycles. The molecule has 0 N–H and O–H groups in total. The van der Waals surface area contributed by atoms with Gasteiger partial charge in [-0.15, -0.1) is 0 Å². The monoisotopic (exact) mass is 426 g/mol. The number of carbonyl (C=O) groups is 2. The van der Waals surface area contributed by atoms with Crippen molar-refractivity contribution in [3.05, 3.63) is 78.0 Å². The van der Waals surface area contributed by atoms with E-state index in [0.717, 1.165) is 36.7 Å². The fraction of sp³-hybridized carbons (Fsp3) is 0.259. The number of hydrogen-bond donors (Lipinski definition) is 0. The van der Waals surface area contributed by atoms with E-state index in [1.54, 1.807) is 7.11 Å². The highest BCUT2D eigenvalue weighted by Crippen LogP contribution is 2.41. The number of ether oxygens (including phenoxy) is 1. The van der Waals surface area contributed by atoms with E-state index in [9.17, 15) is 9.59 Å². The average molecular weight is 427 g/mol. The van der Waals surface area contributed by atoms with Crippen LogP contribution in [-0.2, 0) is 9.59 Å². The Morgan fingerprint density at radius 1 is 0.844 bits per heavy atom. The second kappa shape index (κ2) is 8.15. The molecule has 1 fully saturated rings. The summed E-state index contributed by atoms with van der Waals surface area (Å²) in [4.78, 5) is 31.2. The first-order chi connectivity index (χ1) is 15.6. The molecule has 0 aliphatic carbocycles. The fourth-order valence-corrected chi connectivity index (χ4v) is 4.76. The summed E-state index contributed by atoms with van der Waals surface area (Å²) >= 11 is 0. The molecule has 2 aliphatic rings. The lowest BCUT2D eigenvalue weighted by Crippen LogP contribution is -2.38. The predicted octanol–water partition coefficient (Wildman–Crippen LogP) is 4.86. The lowest BCUT2D eigenvalue weighted by atomic mass is 9.97. The van der Waals surface area contributed by atoms with Crippen LogP contribution in [0, 0.1) is 5.92 Å². The number of para-hydroxylation sites is 1. The largest absolute Gasteiger partial charge is 0.496 e. The molecule has 1 saturated heterocycles. The van der Waals surface area contributed by atoms with Crippen LogP contribution in [0.3, 0.4) is 0 Å². The number of amides is 2. The van der Waals surface area contributed by atoms with Crippen molar-refractivity contribution in [2.75, 3.05) is 25.1 Å². The standard InChI is InChI=1S/C27H26N2O3/c1-18-14-16-28(17-15-18)25-24(21-11-5-6-13-23(21)32-2)26(30)29(27(25)31)22-12-7-9-19-8-3-4-10-20(19)22/h3-13,18H,14-17H2,1-2H3. The minimum atomic E-state index is -0.301. The van der Waals surface area contributed by atoms with Crippen LogP contribution in [0.1, 0.15) is 25.3 Å². The van der Waals surface area contributed by atoms with Crippen LogP contribution in [0.15, 0.2) is 72.4 Å².